The lowest BCUT2D eigenvalue weighted by atomic mass is 9.99. The molecule has 3 aromatic rings. The van der Waals surface area contributed by atoms with Crippen molar-refractivity contribution in [3.63, 3.8) is 0 Å². The molecule has 0 saturated carbocycles. The Labute approximate surface area is 171 Å². The van der Waals surface area contributed by atoms with E-state index in [0.29, 0.717) is 6.54 Å². The van der Waals surface area contributed by atoms with Gasteiger partial charge in [0.25, 0.3) is 0 Å². The Kier molecular flexibility index (Phi) is 5.30. The van der Waals surface area contributed by atoms with Gasteiger partial charge in [-0.1, -0.05) is 18.9 Å². The highest BCUT2D eigenvalue weighted by atomic mass is 16.2. The molecule has 7 nitrogen and oxygen atoms in total. The molecule has 1 aromatic carbocycles. The molecule has 2 aromatic heterocycles. The first-order chi connectivity index (χ1) is 14.0. The van der Waals surface area contributed by atoms with Crippen LogP contribution in [0, 0.1) is 20.8 Å². The van der Waals surface area contributed by atoms with Crippen LogP contribution < -0.4 is 5.32 Å². The van der Waals surface area contributed by atoms with Gasteiger partial charge in [0.15, 0.2) is 0 Å². The number of aromatic amines is 1. The number of rotatable bonds is 3. The van der Waals surface area contributed by atoms with Gasteiger partial charge in [0.2, 0.25) is 0 Å². The summed E-state index contributed by atoms with van der Waals surface area (Å²) in [5.41, 5.74) is 6.44. The first-order valence-electron chi connectivity index (χ1n) is 10.4. The van der Waals surface area contributed by atoms with Crippen LogP contribution in [0.4, 0.5) is 4.79 Å². The Morgan fingerprint density at radius 2 is 2.07 bits per heavy atom. The van der Waals surface area contributed by atoms with Crippen LogP contribution in [0.15, 0.2) is 18.2 Å². The number of nitrogens with one attached hydrogen (secondary N) is 2. The summed E-state index contributed by atoms with van der Waals surface area (Å²) in [6.45, 7) is 7.30. The average molecular weight is 395 g/mol. The van der Waals surface area contributed by atoms with E-state index < -0.39 is 0 Å². The molecule has 2 amide bonds. The first-order valence-corrected chi connectivity index (χ1v) is 10.4. The van der Waals surface area contributed by atoms with E-state index in [2.05, 4.69) is 45.2 Å². The van der Waals surface area contributed by atoms with E-state index in [1.54, 1.807) is 0 Å². The van der Waals surface area contributed by atoms with Crippen molar-refractivity contribution in [1.29, 1.82) is 0 Å². The van der Waals surface area contributed by atoms with Crippen molar-refractivity contribution >= 4 is 17.1 Å². The van der Waals surface area contributed by atoms with Gasteiger partial charge in [-0.2, -0.15) is 5.10 Å². The molecule has 154 valence electrons. The maximum atomic E-state index is 13.2. The molecule has 0 spiro atoms. The van der Waals surface area contributed by atoms with E-state index in [1.807, 2.05) is 25.8 Å². The molecule has 7 heteroatoms. The fraction of sp³-hybridized carbons (Fsp3) is 0.500. The number of urea groups is 1. The molecular weight excluding hydrogens is 364 g/mol. The van der Waals surface area contributed by atoms with Crippen molar-refractivity contribution in [3.8, 4) is 0 Å². The largest absolute Gasteiger partial charge is 0.331 e. The number of nitrogens with zero attached hydrogens (tertiary/aromatic N) is 4. The third-order valence-electron chi connectivity index (χ3n) is 6.06. The maximum absolute atomic E-state index is 13.2. The lowest BCUT2D eigenvalue weighted by Crippen LogP contribution is -2.42. The lowest BCUT2D eigenvalue weighted by Gasteiger charge is -2.30. The lowest BCUT2D eigenvalue weighted by molar-refractivity contribution is 0.174. The number of H-pyrrole nitrogens is 1. The van der Waals surface area contributed by atoms with E-state index in [-0.39, 0.29) is 12.1 Å². The first kappa shape index (κ1) is 19.5. The highest BCUT2D eigenvalue weighted by molar-refractivity contribution is 5.77. The van der Waals surface area contributed by atoms with Crippen LogP contribution in [0.25, 0.3) is 11.0 Å². The molecule has 3 heterocycles. The van der Waals surface area contributed by atoms with Gasteiger partial charge >= 0.3 is 6.03 Å². The molecule has 0 bridgehead atoms. The number of aryl methyl sites for hydroxylation is 4. The van der Waals surface area contributed by atoms with E-state index in [0.717, 1.165) is 60.5 Å². The molecule has 1 fully saturated rings. The number of amides is 2. The monoisotopic (exact) mass is 394 g/mol. The van der Waals surface area contributed by atoms with Gasteiger partial charge in [-0.05, 0) is 51.3 Å². The molecule has 1 atom stereocenters. The SMILES string of the molecule is Cc1ccc2c(c1)nc(CNC(=O)N1CCCCC[C@@H]1c1c(C)n[nH]c1C)n2C. The summed E-state index contributed by atoms with van der Waals surface area (Å²) in [4.78, 5) is 19.9. The summed E-state index contributed by atoms with van der Waals surface area (Å²) in [5, 5.41) is 10.5. The van der Waals surface area contributed by atoms with Crippen LogP contribution in [0.5, 0.6) is 0 Å². The van der Waals surface area contributed by atoms with Gasteiger partial charge < -0.3 is 14.8 Å². The summed E-state index contributed by atoms with van der Waals surface area (Å²) in [7, 11) is 2.00. The second kappa shape index (κ2) is 7.89. The van der Waals surface area contributed by atoms with E-state index in [9.17, 15) is 4.79 Å². The highest BCUT2D eigenvalue weighted by Gasteiger charge is 2.30. The zero-order valence-corrected chi connectivity index (χ0v) is 17.7. The molecule has 1 saturated heterocycles. The summed E-state index contributed by atoms with van der Waals surface area (Å²) >= 11 is 0. The van der Waals surface area contributed by atoms with Crippen LogP contribution in [0.1, 0.15) is 60.1 Å². The zero-order valence-electron chi connectivity index (χ0n) is 17.7. The Hall–Kier alpha value is -2.83. The van der Waals surface area contributed by atoms with Gasteiger partial charge in [0, 0.05) is 24.8 Å². The fourth-order valence-corrected chi connectivity index (χ4v) is 4.48. The third-order valence-corrected chi connectivity index (χ3v) is 6.06. The molecule has 29 heavy (non-hydrogen) atoms. The number of likely N-dealkylation sites (tertiary alicyclic amines) is 1. The fourth-order valence-electron chi connectivity index (χ4n) is 4.48. The second-order valence-corrected chi connectivity index (χ2v) is 8.14. The standard InChI is InChI=1S/C22H30N6O/c1-14-9-10-18-17(12-14)24-20(27(18)4)13-23-22(29)28-11-7-5-6-8-19(28)21-15(2)25-26-16(21)3/h9-10,12,19H,5-8,11,13H2,1-4H3,(H,23,29)(H,25,26)/t19-/m1/s1. The van der Waals surface area contributed by atoms with Crippen molar-refractivity contribution in [2.45, 2.75) is 59.0 Å². The topological polar surface area (TPSA) is 78.8 Å². The smallest absolute Gasteiger partial charge is 0.318 e. The molecule has 0 aliphatic carbocycles. The normalized spacial score (nSPS) is 17.5. The zero-order chi connectivity index (χ0) is 20.5. The maximum Gasteiger partial charge on any atom is 0.318 e. The summed E-state index contributed by atoms with van der Waals surface area (Å²) in [6.07, 6.45) is 4.29. The van der Waals surface area contributed by atoms with Gasteiger partial charge in [0.05, 0.1) is 29.3 Å². The van der Waals surface area contributed by atoms with E-state index in [1.165, 1.54) is 11.1 Å². The average Bonchev–Trinajstić information content (AvgIpc) is 3.06. The van der Waals surface area contributed by atoms with Gasteiger partial charge in [-0.3, -0.25) is 5.10 Å². The number of hydrogen-bond donors (Lipinski definition) is 2. The Morgan fingerprint density at radius 3 is 2.83 bits per heavy atom. The Balaban J connectivity index is 1.54. The van der Waals surface area contributed by atoms with Gasteiger partial charge in [0.1, 0.15) is 5.82 Å². The predicted molar refractivity (Wildman–Crippen MR) is 114 cm³/mol. The summed E-state index contributed by atoms with van der Waals surface area (Å²) < 4.78 is 2.05. The van der Waals surface area contributed by atoms with Crippen LogP contribution in [-0.4, -0.2) is 37.2 Å². The molecule has 4 rings (SSSR count). The Morgan fingerprint density at radius 1 is 1.24 bits per heavy atom. The van der Waals surface area contributed by atoms with Crippen molar-refractivity contribution in [2.24, 2.45) is 7.05 Å². The van der Waals surface area contributed by atoms with Gasteiger partial charge in [-0.15, -0.1) is 0 Å². The van der Waals surface area contributed by atoms with Crippen molar-refractivity contribution < 1.29 is 4.79 Å². The van der Waals surface area contributed by atoms with Gasteiger partial charge in [-0.25, -0.2) is 9.78 Å². The molecule has 2 N–H and O–H groups in total. The molecule has 1 aliphatic heterocycles. The number of carbonyl (C=O) groups excluding carboxylic acids is 1. The molecular formula is C22H30N6O. The van der Waals surface area contributed by atoms with E-state index >= 15 is 0 Å². The molecule has 1 aliphatic rings. The molecule has 0 radical (unpaired) electrons. The molecule has 0 unspecified atom stereocenters. The quantitative estimate of drug-likeness (QED) is 0.703. The predicted octanol–water partition coefficient (Wildman–Crippen LogP) is 4.05. The minimum atomic E-state index is -0.0277. The van der Waals surface area contributed by atoms with Crippen molar-refractivity contribution in [1.82, 2.24) is 30.0 Å². The Bertz CT molecular complexity index is 1010. The minimum Gasteiger partial charge on any atom is -0.331 e. The van der Waals surface area contributed by atoms with Crippen molar-refractivity contribution in [2.75, 3.05) is 6.54 Å². The number of hydrogen-bond acceptors (Lipinski definition) is 3. The van der Waals surface area contributed by atoms with Crippen LogP contribution >= 0.6 is 0 Å². The number of benzene rings is 1. The second-order valence-electron chi connectivity index (χ2n) is 8.14. The highest BCUT2D eigenvalue weighted by Crippen LogP contribution is 2.33. The number of aromatic nitrogens is 4. The van der Waals surface area contributed by atoms with E-state index in [4.69, 9.17) is 4.98 Å². The number of imidazole rings is 1. The van der Waals surface area contributed by atoms with Crippen LogP contribution in [-0.2, 0) is 13.6 Å². The van der Waals surface area contributed by atoms with Crippen LogP contribution in [0.3, 0.4) is 0 Å². The third kappa shape index (κ3) is 3.73. The minimum absolute atomic E-state index is 0.0277. The summed E-state index contributed by atoms with van der Waals surface area (Å²) in [6, 6.07) is 6.29. The van der Waals surface area contributed by atoms with Crippen molar-refractivity contribution in [3.05, 3.63) is 46.5 Å². The number of fused-ring (bicyclic) bond motifs is 1. The summed E-state index contributed by atoms with van der Waals surface area (Å²) in [5.74, 6) is 0.862. The van der Waals surface area contributed by atoms with Crippen LogP contribution in [0.2, 0.25) is 0 Å². The number of carbonyl (C=O) groups is 1.